The maximum Gasteiger partial charge on any atom is 0.237 e. The molecule has 0 saturated heterocycles. The summed E-state index contributed by atoms with van der Waals surface area (Å²) in [6.07, 6.45) is 3.41. The molecule has 3 N–H and O–H groups in total. The molecule has 0 aliphatic heterocycles. The highest BCUT2D eigenvalue weighted by Gasteiger charge is 2.19. The Morgan fingerprint density at radius 1 is 1.00 bits per heavy atom. The van der Waals surface area contributed by atoms with Gasteiger partial charge in [-0.05, 0) is 70.6 Å². The standard InChI is InChI=1S/C20H34N2O3/c1-12(2)22-20(23)17(21)11-9-8-10-16-15(5)18(24-6)13(3)14(4)19(16)25-7/h12,17H,8-11,21H2,1-7H3,(H,22,23)/t17-/m0/s1. The fourth-order valence-corrected chi connectivity index (χ4v) is 3.23. The number of rotatable bonds is 9. The topological polar surface area (TPSA) is 73.6 Å². The third-order valence-electron chi connectivity index (χ3n) is 4.68. The van der Waals surface area contributed by atoms with Crippen LogP contribution in [0.4, 0.5) is 0 Å². The molecule has 0 aliphatic carbocycles. The van der Waals surface area contributed by atoms with Gasteiger partial charge >= 0.3 is 0 Å². The lowest BCUT2D eigenvalue weighted by atomic mass is 9.93. The van der Waals surface area contributed by atoms with Gasteiger partial charge in [-0.25, -0.2) is 0 Å². The van der Waals surface area contributed by atoms with Crippen molar-refractivity contribution in [2.24, 2.45) is 5.73 Å². The number of carbonyl (C=O) groups is 1. The third kappa shape index (κ3) is 5.36. The zero-order valence-corrected chi connectivity index (χ0v) is 16.8. The van der Waals surface area contributed by atoms with Crippen molar-refractivity contribution in [3.63, 3.8) is 0 Å². The van der Waals surface area contributed by atoms with Crippen LogP contribution in [-0.2, 0) is 11.2 Å². The van der Waals surface area contributed by atoms with E-state index in [0.717, 1.165) is 47.5 Å². The monoisotopic (exact) mass is 350 g/mol. The zero-order valence-electron chi connectivity index (χ0n) is 16.8. The highest BCUT2D eigenvalue weighted by molar-refractivity contribution is 5.81. The maximum absolute atomic E-state index is 11.9. The van der Waals surface area contributed by atoms with E-state index in [2.05, 4.69) is 26.1 Å². The molecule has 142 valence electrons. The Morgan fingerprint density at radius 2 is 1.56 bits per heavy atom. The maximum atomic E-state index is 11.9. The third-order valence-corrected chi connectivity index (χ3v) is 4.68. The highest BCUT2D eigenvalue weighted by Crippen LogP contribution is 2.38. The van der Waals surface area contributed by atoms with Crippen molar-refractivity contribution in [2.45, 2.75) is 72.4 Å². The molecule has 1 amide bonds. The summed E-state index contributed by atoms with van der Waals surface area (Å²) in [5.41, 5.74) is 10.5. The summed E-state index contributed by atoms with van der Waals surface area (Å²) in [5.74, 6) is 1.80. The molecule has 5 heteroatoms. The van der Waals surface area contributed by atoms with Crippen LogP contribution < -0.4 is 20.5 Å². The molecule has 1 rings (SSSR count). The van der Waals surface area contributed by atoms with Gasteiger partial charge in [0.05, 0.1) is 20.3 Å². The van der Waals surface area contributed by atoms with Gasteiger partial charge in [0.15, 0.2) is 0 Å². The number of methoxy groups -OCH3 is 2. The van der Waals surface area contributed by atoms with Gasteiger partial charge < -0.3 is 20.5 Å². The average Bonchev–Trinajstić information content (AvgIpc) is 2.55. The second-order valence-electron chi connectivity index (χ2n) is 6.94. The number of hydrogen-bond donors (Lipinski definition) is 2. The Labute approximate surface area is 152 Å². The van der Waals surface area contributed by atoms with Gasteiger partial charge in [-0.1, -0.05) is 6.42 Å². The normalized spacial score (nSPS) is 12.2. The van der Waals surface area contributed by atoms with Crippen molar-refractivity contribution in [3.05, 3.63) is 22.3 Å². The number of benzene rings is 1. The Hall–Kier alpha value is -1.75. The summed E-state index contributed by atoms with van der Waals surface area (Å²) < 4.78 is 11.2. The second kappa shape index (κ2) is 9.66. The molecule has 0 radical (unpaired) electrons. The van der Waals surface area contributed by atoms with Gasteiger partial charge in [0, 0.05) is 11.6 Å². The first-order chi connectivity index (χ1) is 11.7. The van der Waals surface area contributed by atoms with E-state index in [-0.39, 0.29) is 11.9 Å². The number of hydrogen-bond acceptors (Lipinski definition) is 4. The summed E-state index contributed by atoms with van der Waals surface area (Å²) in [6, 6.07) is -0.326. The lowest BCUT2D eigenvalue weighted by Crippen LogP contribution is -2.43. The molecular formula is C20H34N2O3. The number of unbranched alkanes of at least 4 members (excludes halogenated alkanes) is 1. The Balaban J connectivity index is 2.75. The molecule has 0 aliphatic rings. The predicted molar refractivity (Wildman–Crippen MR) is 103 cm³/mol. The predicted octanol–water partition coefficient (Wildman–Crippen LogP) is 3.19. The molecule has 0 aromatic heterocycles. The van der Waals surface area contributed by atoms with E-state index < -0.39 is 6.04 Å². The smallest absolute Gasteiger partial charge is 0.237 e. The molecule has 1 atom stereocenters. The van der Waals surface area contributed by atoms with Crippen LogP contribution in [0.3, 0.4) is 0 Å². The Kier molecular flexibility index (Phi) is 8.23. The molecule has 0 saturated carbocycles. The Bertz CT molecular complexity index is 597. The molecule has 0 heterocycles. The lowest BCUT2D eigenvalue weighted by molar-refractivity contribution is -0.123. The summed E-state index contributed by atoms with van der Waals surface area (Å²) in [7, 11) is 3.42. The van der Waals surface area contributed by atoms with E-state index in [1.54, 1.807) is 14.2 Å². The minimum absolute atomic E-state index is 0.0726. The molecule has 1 aromatic carbocycles. The largest absolute Gasteiger partial charge is 0.496 e. The van der Waals surface area contributed by atoms with Crippen LogP contribution in [0.2, 0.25) is 0 Å². The number of nitrogens with two attached hydrogens (primary N) is 1. The van der Waals surface area contributed by atoms with E-state index in [1.807, 2.05) is 13.8 Å². The molecule has 25 heavy (non-hydrogen) atoms. The van der Waals surface area contributed by atoms with Crippen LogP contribution >= 0.6 is 0 Å². The lowest BCUT2D eigenvalue weighted by Gasteiger charge is -2.20. The molecular weight excluding hydrogens is 316 g/mol. The van der Waals surface area contributed by atoms with E-state index in [1.165, 1.54) is 5.56 Å². The fraction of sp³-hybridized carbons (Fsp3) is 0.650. The molecule has 0 bridgehead atoms. The van der Waals surface area contributed by atoms with Crippen molar-refractivity contribution in [3.8, 4) is 11.5 Å². The van der Waals surface area contributed by atoms with Gasteiger partial charge in [0.2, 0.25) is 5.91 Å². The van der Waals surface area contributed by atoms with Crippen LogP contribution in [0.1, 0.15) is 55.4 Å². The summed E-state index contributed by atoms with van der Waals surface area (Å²) in [4.78, 5) is 11.9. The van der Waals surface area contributed by atoms with Gasteiger partial charge in [-0.3, -0.25) is 4.79 Å². The average molecular weight is 351 g/mol. The van der Waals surface area contributed by atoms with Crippen LogP contribution in [0.5, 0.6) is 11.5 Å². The van der Waals surface area contributed by atoms with Gasteiger partial charge in [0.1, 0.15) is 11.5 Å². The minimum atomic E-state index is -0.445. The minimum Gasteiger partial charge on any atom is -0.496 e. The van der Waals surface area contributed by atoms with Crippen molar-refractivity contribution in [2.75, 3.05) is 14.2 Å². The Morgan fingerprint density at radius 3 is 2.08 bits per heavy atom. The van der Waals surface area contributed by atoms with Crippen molar-refractivity contribution < 1.29 is 14.3 Å². The zero-order chi connectivity index (χ0) is 19.1. The molecule has 1 aromatic rings. The van der Waals surface area contributed by atoms with Crippen LogP contribution in [0.25, 0.3) is 0 Å². The van der Waals surface area contributed by atoms with Crippen molar-refractivity contribution in [1.29, 1.82) is 0 Å². The summed E-state index contributed by atoms with van der Waals surface area (Å²) >= 11 is 0. The van der Waals surface area contributed by atoms with Crippen LogP contribution in [-0.4, -0.2) is 32.2 Å². The van der Waals surface area contributed by atoms with Crippen LogP contribution in [0.15, 0.2) is 0 Å². The van der Waals surface area contributed by atoms with Crippen LogP contribution in [0, 0.1) is 20.8 Å². The van der Waals surface area contributed by atoms with Gasteiger partial charge in [0.25, 0.3) is 0 Å². The summed E-state index contributed by atoms with van der Waals surface area (Å²) in [6.45, 7) is 10.1. The summed E-state index contributed by atoms with van der Waals surface area (Å²) in [5, 5.41) is 2.86. The van der Waals surface area contributed by atoms with Gasteiger partial charge in [-0.15, -0.1) is 0 Å². The van der Waals surface area contributed by atoms with E-state index >= 15 is 0 Å². The first-order valence-corrected chi connectivity index (χ1v) is 9.01. The second-order valence-corrected chi connectivity index (χ2v) is 6.94. The van der Waals surface area contributed by atoms with E-state index in [9.17, 15) is 4.79 Å². The number of nitrogens with one attached hydrogen (secondary N) is 1. The SMILES string of the molecule is COc1c(C)c(C)c(OC)c(CCCC[C@H](N)C(=O)NC(C)C)c1C. The van der Waals surface area contributed by atoms with Gasteiger partial charge in [-0.2, -0.15) is 0 Å². The van der Waals surface area contributed by atoms with Crippen molar-refractivity contribution >= 4 is 5.91 Å². The first-order valence-electron chi connectivity index (χ1n) is 9.01. The molecule has 0 spiro atoms. The fourth-order valence-electron chi connectivity index (χ4n) is 3.23. The first kappa shape index (κ1) is 21.3. The van der Waals surface area contributed by atoms with E-state index in [4.69, 9.17) is 15.2 Å². The molecule has 0 fully saturated rings. The quantitative estimate of drug-likeness (QED) is 0.671. The van der Waals surface area contributed by atoms with E-state index in [0.29, 0.717) is 6.42 Å². The molecule has 0 unspecified atom stereocenters. The number of ether oxygens (including phenoxy) is 2. The number of amides is 1. The molecule has 5 nitrogen and oxygen atoms in total. The number of carbonyl (C=O) groups excluding carboxylic acids is 1. The highest BCUT2D eigenvalue weighted by atomic mass is 16.5. The van der Waals surface area contributed by atoms with Crippen molar-refractivity contribution in [1.82, 2.24) is 5.32 Å².